The maximum atomic E-state index is 11.0. The van der Waals surface area contributed by atoms with E-state index in [4.69, 9.17) is 21.0 Å². The third-order valence-corrected chi connectivity index (χ3v) is 2.74. The standard InChI is InChI=1S/C7H6ClO4P/c8-6-1-2-7-5(3-6)4-11-13(9,10)12-7/h1-3H,4H2,(H,9,10). The number of hydrogen-bond donors (Lipinski definition) is 1. The fraction of sp³-hybridized carbons (Fsp3) is 0.143. The van der Waals surface area contributed by atoms with E-state index in [0.717, 1.165) is 0 Å². The fourth-order valence-corrected chi connectivity index (χ4v) is 2.03. The van der Waals surface area contributed by atoms with Crippen LogP contribution in [-0.4, -0.2) is 4.89 Å². The highest BCUT2D eigenvalue weighted by atomic mass is 35.5. The SMILES string of the molecule is O=P1(O)OCc2cc(Cl)ccc2O1. The topological polar surface area (TPSA) is 55.8 Å². The van der Waals surface area contributed by atoms with Crippen molar-refractivity contribution < 1.29 is 18.5 Å². The lowest BCUT2D eigenvalue weighted by atomic mass is 10.2. The molecule has 4 nitrogen and oxygen atoms in total. The molecule has 1 aliphatic rings. The van der Waals surface area contributed by atoms with Crippen molar-refractivity contribution in [3.63, 3.8) is 0 Å². The summed E-state index contributed by atoms with van der Waals surface area (Å²) >= 11 is 5.71. The molecule has 70 valence electrons. The third-order valence-electron chi connectivity index (χ3n) is 1.62. The molecule has 6 heteroatoms. The third kappa shape index (κ3) is 1.86. The van der Waals surface area contributed by atoms with Crippen molar-refractivity contribution in [2.75, 3.05) is 0 Å². The number of benzene rings is 1. The summed E-state index contributed by atoms with van der Waals surface area (Å²) in [5.41, 5.74) is 0.674. The predicted octanol–water partition coefficient (Wildman–Crippen LogP) is 2.35. The molecule has 2 rings (SSSR count). The Morgan fingerprint density at radius 2 is 2.31 bits per heavy atom. The minimum Gasteiger partial charge on any atom is -0.404 e. The summed E-state index contributed by atoms with van der Waals surface area (Å²) in [7, 11) is -3.88. The van der Waals surface area contributed by atoms with E-state index in [2.05, 4.69) is 4.52 Å². The fourth-order valence-electron chi connectivity index (χ4n) is 1.05. The first kappa shape index (κ1) is 9.03. The summed E-state index contributed by atoms with van der Waals surface area (Å²) in [5, 5.41) is 0.542. The van der Waals surface area contributed by atoms with Gasteiger partial charge in [0.2, 0.25) is 0 Å². The molecule has 0 saturated heterocycles. The Balaban J connectivity index is 2.43. The number of fused-ring (bicyclic) bond motifs is 1. The molecule has 0 fully saturated rings. The van der Waals surface area contributed by atoms with Crippen molar-refractivity contribution in [3.8, 4) is 5.75 Å². The van der Waals surface area contributed by atoms with Gasteiger partial charge in [0.1, 0.15) is 5.75 Å². The second kappa shape index (κ2) is 3.00. The molecule has 1 unspecified atom stereocenters. The smallest absolute Gasteiger partial charge is 0.404 e. The van der Waals surface area contributed by atoms with Crippen LogP contribution in [0.2, 0.25) is 5.02 Å². The van der Waals surface area contributed by atoms with E-state index >= 15 is 0 Å². The molecule has 0 amide bonds. The van der Waals surface area contributed by atoms with Crippen LogP contribution in [0.4, 0.5) is 0 Å². The van der Waals surface area contributed by atoms with E-state index in [9.17, 15) is 4.57 Å². The molecule has 1 aromatic rings. The lowest BCUT2D eigenvalue weighted by Gasteiger charge is -2.20. The van der Waals surface area contributed by atoms with Crippen LogP contribution in [0.5, 0.6) is 5.75 Å². The van der Waals surface area contributed by atoms with Crippen LogP contribution in [0, 0.1) is 0 Å². The highest BCUT2D eigenvalue weighted by Crippen LogP contribution is 2.50. The normalized spacial score (nSPS) is 26.3. The van der Waals surface area contributed by atoms with Crippen molar-refractivity contribution in [3.05, 3.63) is 28.8 Å². The maximum absolute atomic E-state index is 11.0. The molecule has 13 heavy (non-hydrogen) atoms. The van der Waals surface area contributed by atoms with Crippen LogP contribution in [0.25, 0.3) is 0 Å². The quantitative estimate of drug-likeness (QED) is 0.682. The molecule has 0 radical (unpaired) electrons. The Bertz CT molecular complexity index is 392. The van der Waals surface area contributed by atoms with Crippen LogP contribution in [0.15, 0.2) is 18.2 Å². The summed E-state index contributed by atoms with van der Waals surface area (Å²) in [6, 6.07) is 4.77. The maximum Gasteiger partial charge on any atom is 0.527 e. The van der Waals surface area contributed by atoms with Crippen molar-refractivity contribution in [1.82, 2.24) is 0 Å². The Labute approximate surface area is 79.7 Å². The lowest BCUT2D eigenvalue weighted by Crippen LogP contribution is -2.06. The highest BCUT2D eigenvalue weighted by molar-refractivity contribution is 7.47. The lowest BCUT2D eigenvalue weighted by molar-refractivity contribution is 0.176. The van der Waals surface area contributed by atoms with Crippen molar-refractivity contribution in [2.45, 2.75) is 6.61 Å². The monoisotopic (exact) mass is 220 g/mol. The van der Waals surface area contributed by atoms with Gasteiger partial charge in [-0.05, 0) is 18.2 Å². The molecular weight excluding hydrogens is 214 g/mol. The van der Waals surface area contributed by atoms with E-state index in [1.165, 1.54) is 0 Å². The zero-order valence-electron chi connectivity index (χ0n) is 6.44. The second-order valence-corrected chi connectivity index (χ2v) is 4.40. The molecule has 0 spiro atoms. The van der Waals surface area contributed by atoms with Gasteiger partial charge in [-0.25, -0.2) is 4.57 Å². The van der Waals surface area contributed by atoms with Crippen LogP contribution in [0.3, 0.4) is 0 Å². The summed E-state index contributed by atoms with van der Waals surface area (Å²) in [4.78, 5) is 8.97. The van der Waals surface area contributed by atoms with Gasteiger partial charge in [0, 0.05) is 10.6 Å². The highest BCUT2D eigenvalue weighted by Gasteiger charge is 2.29. The predicted molar refractivity (Wildman–Crippen MR) is 46.7 cm³/mol. The van der Waals surface area contributed by atoms with Crippen LogP contribution in [0.1, 0.15) is 5.56 Å². The molecule has 0 bridgehead atoms. The molecular formula is C7H6ClO4P. The second-order valence-electron chi connectivity index (χ2n) is 2.59. The molecule has 1 aromatic carbocycles. The van der Waals surface area contributed by atoms with Gasteiger partial charge < -0.3 is 4.52 Å². The van der Waals surface area contributed by atoms with E-state index in [1.54, 1.807) is 18.2 Å². The average molecular weight is 221 g/mol. The number of phosphoric ester groups is 1. The molecule has 0 aliphatic carbocycles. The summed E-state index contributed by atoms with van der Waals surface area (Å²) in [6.45, 7) is 0.0453. The number of halogens is 1. The molecule has 1 atom stereocenters. The van der Waals surface area contributed by atoms with Crippen molar-refractivity contribution >= 4 is 19.4 Å². The molecule has 1 heterocycles. The van der Waals surface area contributed by atoms with Gasteiger partial charge in [-0.2, -0.15) is 0 Å². The van der Waals surface area contributed by atoms with E-state index in [1.807, 2.05) is 0 Å². The van der Waals surface area contributed by atoms with Gasteiger partial charge in [0.25, 0.3) is 0 Å². The number of phosphoric acid groups is 1. The van der Waals surface area contributed by atoms with Crippen LogP contribution in [-0.2, 0) is 15.7 Å². The minimum atomic E-state index is -3.88. The Hall–Kier alpha value is -0.540. The largest absolute Gasteiger partial charge is 0.527 e. The summed E-state index contributed by atoms with van der Waals surface area (Å²) < 4.78 is 20.2. The van der Waals surface area contributed by atoms with E-state index < -0.39 is 7.82 Å². The first-order valence-corrected chi connectivity index (χ1v) is 5.39. The van der Waals surface area contributed by atoms with Crippen LogP contribution >= 0.6 is 19.4 Å². The number of hydrogen-bond acceptors (Lipinski definition) is 3. The molecule has 0 aromatic heterocycles. The average Bonchev–Trinajstić information content (AvgIpc) is 2.05. The zero-order chi connectivity index (χ0) is 9.47. The Morgan fingerprint density at radius 3 is 3.08 bits per heavy atom. The molecule has 1 N–H and O–H groups in total. The zero-order valence-corrected chi connectivity index (χ0v) is 8.09. The van der Waals surface area contributed by atoms with Crippen molar-refractivity contribution in [1.29, 1.82) is 0 Å². The van der Waals surface area contributed by atoms with Gasteiger partial charge in [0.15, 0.2) is 0 Å². The molecule has 0 saturated carbocycles. The Kier molecular flexibility index (Phi) is 2.08. The van der Waals surface area contributed by atoms with Gasteiger partial charge in [-0.1, -0.05) is 11.6 Å². The van der Waals surface area contributed by atoms with Crippen LogP contribution < -0.4 is 4.52 Å². The van der Waals surface area contributed by atoms with Gasteiger partial charge in [-0.3, -0.25) is 9.42 Å². The Morgan fingerprint density at radius 1 is 1.54 bits per heavy atom. The van der Waals surface area contributed by atoms with E-state index in [0.29, 0.717) is 16.3 Å². The van der Waals surface area contributed by atoms with Gasteiger partial charge in [-0.15, -0.1) is 0 Å². The van der Waals surface area contributed by atoms with Crippen molar-refractivity contribution in [2.24, 2.45) is 0 Å². The molecule has 1 aliphatic heterocycles. The van der Waals surface area contributed by atoms with Gasteiger partial charge >= 0.3 is 7.82 Å². The van der Waals surface area contributed by atoms with E-state index in [-0.39, 0.29) is 6.61 Å². The summed E-state index contributed by atoms with van der Waals surface area (Å²) in [6.07, 6.45) is 0. The summed E-state index contributed by atoms with van der Waals surface area (Å²) in [5.74, 6) is 0.349. The van der Waals surface area contributed by atoms with Gasteiger partial charge in [0.05, 0.1) is 6.61 Å². The minimum absolute atomic E-state index is 0.0453. The number of rotatable bonds is 0. The first-order chi connectivity index (χ1) is 6.07. The first-order valence-electron chi connectivity index (χ1n) is 3.52.